The molecule has 2 aromatic carbocycles. The first-order valence-electron chi connectivity index (χ1n) is 7.69. The van der Waals surface area contributed by atoms with Gasteiger partial charge in [-0.15, -0.1) is 0 Å². The van der Waals surface area contributed by atoms with Gasteiger partial charge in [0.1, 0.15) is 29.9 Å². The van der Waals surface area contributed by atoms with Gasteiger partial charge in [0.2, 0.25) is 0 Å². The number of benzene rings is 2. The Labute approximate surface area is 143 Å². The molecule has 0 radical (unpaired) electrons. The van der Waals surface area contributed by atoms with E-state index in [0.717, 1.165) is 17.7 Å². The average Bonchev–Trinajstić information content (AvgIpc) is 3.08. The summed E-state index contributed by atoms with van der Waals surface area (Å²) in [4.78, 5) is 3.81. The van der Waals surface area contributed by atoms with Gasteiger partial charge in [0.05, 0.1) is 19.8 Å². The minimum absolute atomic E-state index is 0.0579. The van der Waals surface area contributed by atoms with Gasteiger partial charge in [-0.1, -0.05) is 36.4 Å². The number of halogens is 2. The molecule has 0 fully saturated rings. The third-order valence-electron chi connectivity index (χ3n) is 3.78. The predicted molar refractivity (Wildman–Crippen MR) is 86.4 cm³/mol. The number of hydrogen-bond donors (Lipinski definition) is 1. The van der Waals surface area contributed by atoms with Crippen LogP contribution in [-0.4, -0.2) is 26.5 Å². The Balaban J connectivity index is 1.81. The quantitative estimate of drug-likeness (QED) is 0.715. The summed E-state index contributed by atoms with van der Waals surface area (Å²) in [6.45, 7) is -0.0159. The molecule has 0 bridgehead atoms. The molecule has 130 valence electrons. The number of nitrogens with zero attached hydrogens (tertiary/aromatic N) is 3. The van der Waals surface area contributed by atoms with E-state index in [9.17, 15) is 13.9 Å². The molecule has 1 unspecified atom stereocenters. The fourth-order valence-corrected chi connectivity index (χ4v) is 2.57. The first-order chi connectivity index (χ1) is 12.1. The maximum absolute atomic E-state index is 14.2. The average molecular weight is 345 g/mol. The van der Waals surface area contributed by atoms with Crippen molar-refractivity contribution >= 4 is 0 Å². The van der Waals surface area contributed by atoms with Gasteiger partial charge in [-0.2, -0.15) is 5.10 Å². The Morgan fingerprint density at radius 3 is 2.60 bits per heavy atom. The maximum atomic E-state index is 14.2. The van der Waals surface area contributed by atoms with Crippen molar-refractivity contribution in [2.45, 2.75) is 18.8 Å². The van der Waals surface area contributed by atoms with Gasteiger partial charge in [0.25, 0.3) is 0 Å². The van der Waals surface area contributed by atoms with E-state index in [0.29, 0.717) is 0 Å². The Morgan fingerprint density at radius 2 is 1.92 bits per heavy atom. The lowest BCUT2D eigenvalue weighted by atomic mass is 9.94. The van der Waals surface area contributed by atoms with Gasteiger partial charge < -0.3 is 9.84 Å². The molecule has 3 aromatic rings. The molecule has 1 N–H and O–H groups in total. The summed E-state index contributed by atoms with van der Waals surface area (Å²) < 4.78 is 34.4. The summed E-state index contributed by atoms with van der Waals surface area (Å²) in [5, 5.41) is 15.0. The molecule has 0 aliphatic carbocycles. The molecular formula is C18H17F2N3O2. The van der Waals surface area contributed by atoms with Crippen LogP contribution in [0.4, 0.5) is 8.78 Å². The molecule has 7 heteroatoms. The van der Waals surface area contributed by atoms with Crippen LogP contribution in [0, 0.1) is 11.6 Å². The van der Waals surface area contributed by atoms with Crippen LogP contribution < -0.4 is 0 Å². The van der Waals surface area contributed by atoms with Crippen molar-refractivity contribution in [3.63, 3.8) is 0 Å². The molecule has 0 aliphatic rings. The molecule has 0 saturated heterocycles. The van der Waals surface area contributed by atoms with Gasteiger partial charge >= 0.3 is 0 Å². The summed E-state index contributed by atoms with van der Waals surface area (Å²) in [5.41, 5.74) is -0.858. The van der Waals surface area contributed by atoms with Crippen LogP contribution in [0.15, 0.2) is 61.2 Å². The van der Waals surface area contributed by atoms with Crippen molar-refractivity contribution in [1.29, 1.82) is 0 Å². The fourth-order valence-electron chi connectivity index (χ4n) is 2.57. The third-order valence-corrected chi connectivity index (χ3v) is 3.78. The lowest BCUT2D eigenvalue weighted by Gasteiger charge is -2.28. The molecule has 5 nitrogen and oxygen atoms in total. The standard InChI is InChI=1S/C18H17F2N3O2/c19-15-6-7-16(17(20)8-15)18(24,10-23-13-21-12-22-23)11-25-9-14-4-2-1-3-5-14/h1-8,12-13,24H,9-11H2. The van der Waals surface area contributed by atoms with E-state index in [2.05, 4.69) is 10.1 Å². The predicted octanol–water partition coefficient (Wildman–Crippen LogP) is 2.66. The van der Waals surface area contributed by atoms with Crippen LogP contribution in [0.1, 0.15) is 11.1 Å². The molecule has 1 aromatic heterocycles. The molecule has 0 saturated carbocycles. The van der Waals surface area contributed by atoms with E-state index >= 15 is 0 Å². The molecule has 0 aliphatic heterocycles. The van der Waals surface area contributed by atoms with Crippen molar-refractivity contribution in [3.8, 4) is 0 Å². The fraction of sp³-hybridized carbons (Fsp3) is 0.222. The number of aliphatic hydroxyl groups is 1. The zero-order chi connectivity index (χ0) is 17.7. The van der Waals surface area contributed by atoms with Crippen LogP contribution in [0.5, 0.6) is 0 Å². The van der Waals surface area contributed by atoms with E-state index in [1.807, 2.05) is 30.3 Å². The minimum Gasteiger partial charge on any atom is -0.381 e. The summed E-state index contributed by atoms with van der Waals surface area (Å²) in [6, 6.07) is 12.5. The number of hydrogen-bond acceptors (Lipinski definition) is 4. The third kappa shape index (κ3) is 4.26. The van der Waals surface area contributed by atoms with E-state index in [-0.39, 0.29) is 25.3 Å². The largest absolute Gasteiger partial charge is 0.381 e. The maximum Gasteiger partial charge on any atom is 0.137 e. The summed E-state index contributed by atoms with van der Waals surface area (Å²) in [5.74, 6) is -1.56. The van der Waals surface area contributed by atoms with Crippen molar-refractivity contribution < 1.29 is 18.6 Å². The van der Waals surface area contributed by atoms with E-state index in [4.69, 9.17) is 4.74 Å². The Kier molecular flexibility index (Phi) is 5.16. The molecule has 1 atom stereocenters. The second-order valence-electron chi connectivity index (χ2n) is 5.73. The highest BCUT2D eigenvalue weighted by Gasteiger charge is 2.34. The minimum atomic E-state index is -1.72. The molecule has 1 heterocycles. The van der Waals surface area contributed by atoms with E-state index in [1.165, 1.54) is 23.4 Å². The van der Waals surface area contributed by atoms with Gasteiger partial charge in [-0.25, -0.2) is 18.4 Å². The van der Waals surface area contributed by atoms with Crippen LogP contribution in [0.3, 0.4) is 0 Å². The second-order valence-corrected chi connectivity index (χ2v) is 5.73. The molecule has 0 amide bonds. The molecule has 3 rings (SSSR count). The van der Waals surface area contributed by atoms with Crippen LogP contribution in [0.25, 0.3) is 0 Å². The van der Waals surface area contributed by atoms with E-state index in [1.54, 1.807) is 0 Å². The Morgan fingerprint density at radius 1 is 1.12 bits per heavy atom. The molecule has 25 heavy (non-hydrogen) atoms. The number of ether oxygens (including phenoxy) is 1. The Hall–Kier alpha value is -2.64. The highest BCUT2D eigenvalue weighted by Crippen LogP contribution is 2.27. The first kappa shape index (κ1) is 17.2. The van der Waals surface area contributed by atoms with Crippen molar-refractivity contribution in [2.24, 2.45) is 0 Å². The zero-order valence-corrected chi connectivity index (χ0v) is 13.3. The molecule has 0 spiro atoms. The smallest absolute Gasteiger partial charge is 0.137 e. The van der Waals surface area contributed by atoms with Crippen molar-refractivity contribution in [1.82, 2.24) is 14.8 Å². The first-order valence-corrected chi connectivity index (χ1v) is 7.69. The second kappa shape index (κ2) is 7.50. The lowest BCUT2D eigenvalue weighted by molar-refractivity contribution is -0.0712. The van der Waals surface area contributed by atoms with Gasteiger partial charge in [-0.05, 0) is 11.6 Å². The van der Waals surface area contributed by atoms with Gasteiger partial charge in [0.15, 0.2) is 0 Å². The lowest BCUT2D eigenvalue weighted by Crippen LogP contribution is -2.37. The highest BCUT2D eigenvalue weighted by molar-refractivity contribution is 5.25. The van der Waals surface area contributed by atoms with Crippen LogP contribution in [-0.2, 0) is 23.5 Å². The highest BCUT2D eigenvalue weighted by atomic mass is 19.1. The van der Waals surface area contributed by atoms with Gasteiger partial charge in [0, 0.05) is 11.6 Å². The zero-order valence-electron chi connectivity index (χ0n) is 13.3. The number of rotatable bonds is 7. The SMILES string of the molecule is OC(COCc1ccccc1)(Cn1cncn1)c1ccc(F)cc1F. The summed E-state index contributed by atoms with van der Waals surface area (Å²) in [7, 11) is 0. The van der Waals surface area contributed by atoms with Crippen molar-refractivity contribution in [3.05, 3.63) is 83.9 Å². The van der Waals surface area contributed by atoms with Crippen LogP contribution in [0.2, 0.25) is 0 Å². The number of aromatic nitrogens is 3. The normalized spacial score (nSPS) is 13.6. The van der Waals surface area contributed by atoms with Gasteiger partial charge in [-0.3, -0.25) is 0 Å². The summed E-state index contributed by atoms with van der Waals surface area (Å²) in [6.07, 6.45) is 2.72. The molecular weight excluding hydrogens is 328 g/mol. The Bertz CT molecular complexity index is 812. The topological polar surface area (TPSA) is 60.2 Å². The monoisotopic (exact) mass is 345 g/mol. The van der Waals surface area contributed by atoms with Crippen LogP contribution >= 0.6 is 0 Å². The summed E-state index contributed by atoms with van der Waals surface area (Å²) >= 11 is 0. The van der Waals surface area contributed by atoms with Crippen molar-refractivity contribution in [2.75, 3.05) is 6.61 Å². The van der Waals surface area contributed by atoms with E-state index < -0.39 is 17.2 Å².